The zero-order chi connectivity index (χ0) is 13.4. The third-order valence-corrected chi connectivity index (χ3v) is 4.03. The standard InChI is InChI=1S/C11H11BrClF3N2/c12-7-3-8(11(14,15)16)9(17-4-7)18-6-10(5-13)1-2-10/h3-4H,1-2,5-6H2,(H,17,18). The van der Waals surface area contributed by atoms with Gasteiger partial charge < -0.3 is 5.32 Å². The predicted molar refractivity (Wildman–Crippen MR) is 67.8 cm³/mol. The molecule has 18 heavy (non-hydrogen) atoms. The zero-order valence-electron chi connectivity index (χ0n) is 9.32. The predicted octanol–water partition coefficient (Wildman–Crippen LogP) is 4.29. The molecule has 1 N–H and O–H groups in total. The van der Waals surface area contributed by atoms with E-state index < -0.39 is 11.7 Å². The Morgan fingerprint density at radius 2 is 2.11 bits per heavy atom. The summed E-state index contributed by atoms with van der Waals surface area (Å²) >= 11 is 8.78. The van der Waals surface area contributed by atoms with E-state index in [9.17, 15) is 13.2 Å². The highest BCUT2D eigenvalue weighted by Crippen LogP contribution is 2.47. The molecule has 1 aromatic heterocycles. The lowest BCUT2D eigenvalue weighted by atomic mass is 10.1. The second-order valence-corrected chi connectivity index (χ2v) is 5.72. The topological polar surface area (TPSA) is 24.9 Å². The molecule has 1 aliphatic carbocycles. The van der Waals surface area contributed by atoms with Gasteiger partial charge in [0, 0.05) is 28.5 Å². The Balaban J connectivity index is 2.17. The van der Waals surface area contributed by atoms with Crippen LogP contribution >= 0.6 is 27.5 Å². The molecule has 100 valence electrons. The lowest BCUT2D eigenvalue weighted by Gasteiger charge is -2.17. The molecule has 0 aromatic carbocycles. The average molecular weight is 344 g/mol. The van der Waals surface area contributed by atoms with Crippen molar-refractivity contribution in [3.8, 4) is 0 Å². The normalized spacial score (nSPS) is 17.6. The first-order valence-electron chi connectivity index (χ1n) is 5.39. The number of hydrogen-bond donors (Lipinski definition) is 1. The van der Waals surface area contributed by atoms with Gasteiger partial charge in [0.15, 0.2) is 0 Å². The minimum atomic E-state index is -4.42. The maximum Gasteiger partial charge on any atom is 0.419 e. The van der Waals surface area contributed by atoms with Gasteiger partial charge in [-0.05, 0) is 34.8 Å². The Morgan fingerprint density at radius 3 is 2.61 bits per heavy atom. The fourth-order valence-electron chi connectivity index (χ4n) is 1.60. The van der Waals surface area contributed by atoms with E-state index in [4.69, 9.17) is 11.6 Å². The summed E-state index contributed by atoms with van der Waals surface area (Å²) in [5, 5.41) is 2.76. The third kappa shape index (κ3) is 3.09. The molecule has 1 aliphatic rings. The first-order valence-corrected chi connectivity index (χ1v) is 6.72. The van der Waals surface area contributed by atoms with Gasteiger partial charge in [-0.1, -0.05) is 0 Å². The Morgan fingerprint density at radius 1 is 1.44 bits per heavy atom. The van der Waals surface area contributed by atoms with Crippen molar-refractivity contribution < 1.29 is 13.2 Å². The van der Waals surface area contributed by atoms with Gasteiger partial charge in [0.05, 0.1) is 5.56 Å². The quantitative estimate of drug-likeness (QED) is 0.825. The molecule has 0 bridgehead atoms. The van der Waals surface area contributed by atoms with Crippen LogP contribution in [-0.2, 0) is 6.18 Å². The van der Waals surface area contributed by atoms with Crippen molar-refractivity contribution in [2.24, 2.45) is 5.41 Å². The number of rotatable bonds is 4. The molecule has 1 fully saturated rings. The number of alkyl halides is 4. The first-order chi connectivity index (χ1) is 8.36. The van der Waals surface area contributed by atoms with Gasteiger partial charge in [-0.15, -0.1) is 11.6 Å². The molecule has 1 heterocycles. The van der Waals surface area contributed by atoms with Gasteiger partial charge in [0.1, 0.15) is 5.82 Å². The molecule has 0 atom stereocenters. The lowest BCUT2D eigenvalue weighted by Crippen LogP contribution is -2.20. The number of nitrogens with one attached hydrogen (secondary N) is 1. The van der Waals surface area contributed by atoms with E-state index in [-0.39, 0.29) is 11.2 Å². The Labute approximate surface area is 116 Å². The lowest BCUT2D eigenvalue weighted by molar-refractivity contribution is -0.137. The Bertz CT molecular complexity index is 446. The molecule has 2 nitrogen and oxygen atoms in total. The minimum absolute atomic E-state index is 0.0564. The van der Waals surface area contributed by atoms with Gasteiger partial charge in [0.25, 0.3) is 0 Å². The Kier molecular flexibility index (Phi) is 3.78. The van der Waals surface area contributed by atoms with Gasteiger partial charge in [-0.25, -0.2) is 4.98 Å². The number of halogens is 5. The summed E-state index contributed by atoms with van der Waals surface area (Å²) < 4.78 is 38.8. The van der Waals surface area contributed by atoms with E-state index >= 15 is 0 Å². The maximum absolute atomic E-state index is 12.8. The van der Waals surface area contributed by atoms with E-state index in [1.165, 1.54) is 6.20 Å². The molecule has 0 saturated heterocycles. The fraction of sp³-hybridized carbons (Fsp3) is 0.545. The van der Waals surface area contributed by atoms with Crippen LogP contribution in [0, 0.1) is 5.41 Å². The fourth-order valence-corrected chi connectivity index (χ4v) is 2.29. The molecule has 0 unspecified atom stereocenters. The highest BCUT2D eigenvalue weighted by molar-refractivity contribution is 9.10. The van der Waals surface area contributed by atoms with Crippen molar-refractivity contribution in [1.82, 2.24) is 4.98 Å². The molecule has 0 amide bonds. The van der Waals surface area contributed by atoms with Crippen LogP contribution in [0.1, 0.15) is 18.4 Å². The summed E-state index contributed by atoms with van der Waals surface area (Å²) in [4.78, 5) is 3.79. The maximum atomic E-state index is 12.8. The molecule has 0 aliphatic heterocycles. The second-order valence-electron chi connectivity index (χ2n) is 4.53. The van der Waals surface area contributed by atoms with Crippen molar-refractivity contribution in [3.63, 3.8) is 0 Å². The molecule has 2 rings (SSSR count). The molecular weight excluding hydrogens is 332 g/mol. The van der Waals surface area contributed by atoms with Gasteiger partial charge in [0.2, 0.25) is 0 Å². The van der Waals surface area contributed by atoms with Crippen LogP contribution in [0.5, 0.6) is 0 Å². The van der Waals surface area contributed by atoms with Crippen molar-refractivity contribution in [2.45, 2.75) is 19.0 Å². The van der Waals surface area contributed by atoms with E-state index in [1.807, 2.05) is 0 Å². The van der Waals surface area contributed by atoms with Crippen LogP contribution in [0.2, 0.25) is 0 Å². The highest BCUT2D eigenvalue weighted by Gasteiger charge is 2.42. The van der Waals surface area contributed by atoms with E-state index in [0.717, 1.165) is 18.9 Å². The smallest absolute Gasteiger partial charge is 0.369 e. The summed E-state index contributed by atoms with van der Waals surface area (Å²) in [6.07, 6.45) is -1.18. The van der Waals surface area contributed by atoms with Crippen LogP contribution in [0.3, 0.4) is 0 Å². The molecule has 1 saturated carbocycles. The number of aromatic nitrogens is 1. The monoisotopic (exact) mass is 342 g/mol. The third-order valence-electron chi connectivity index (χ3n) is 3.03. The number of pyridine rings is 1. The molecule has 0 radical (unpaired) electrons. The summed E-state index contributed by atoms with van der Waals surface area (Å²) in [5.41, 5.74) is -0.818. The van der Waals surface area contributed by atoms with Gasteiger partial charge in [-0.3, -0.25) is 0 Å². The van der Waals surface area contributed by atoms with Gasteiger partial charge >= 0.3 is 6.18 Å². The second kappa shape index (κ2) is 4.89. The van der Waals surface area contributed by atoms with Crippen LogP contribution in [0.15, 0.2) is 16.7 Å². The molecule has 0 spiro atoms. The first kappa shape index (κ1) is 13.9. The molecular formula is C11H11BrClF3N2. The van der Waals surface area contributed by atoms with Crippen LogP contribution in [0.25, 0.3) is 0 Å². The van der Waals surface area contributed by atoms with E-state index in [1.54, 1.807) is 0 Å². The number of hydrogen-bond acceptors (Lipinski definition) is 2. The summed E-state index contributed by atoms with van der Waals surface area (Å²) in [6, 6.07) is 1.02. The SMILES string of the molecule is FC(F)(F)c1cc(Br)cnc1NCC1(CCl)CC1. The number of nitrogens with zero attached hydrogens (tertiary/aromatic N) is 1. The molecule has 1 aromatic rings. The number of anilines is 1. The minimum Gasteiger partial charge on any atom is -0.369 e. The van der Waals surface area contributed by atoms with Gasteiger partial charge in [-0.2, -0.15) is 13.2 Å². The largest absolute Gasteiger partial charge is 0.419 e. The van der Waals surface area contributed by atoms with Crippen LogP contribution < -0.4 is 5.32 Å². The van der Waals surface area contributed by atoms with Crippen molar-refractivity contribution in [2.75, 3.05) is 17.7 Å². The summed E-state index contributed by atoms with van der Waals surface area (Å²) in [7, 11) is 0. The summed E-state index contributed by atoms with van der Waals surface area (Å²) in [5.74, 6) is 0.319. The van der Waals surface area contributed by atoms with Crippen LogP contribution in [-0.4, -0.2) is 17.4 Å². The van der Waals surface area contributed by atoms with Crippen molar-refractivity contribution >= 4 is 33.3 Å². The van der Waals surface area contributed by atoms with Crippen LogP contribution in [0.4, 0.5) is 19.0 Å². The average Bonchev–Trinajstić information content (AvgIpc) is 3.07. The van der Waals surface area contributed by atoms with E-state index in [2.05, 4.69) is 26.2 Å². The Hall–Kier alpha value is -0.490. The molecule has 7 heteroatoms. The van der Waals surface area contributed by atoms with Crippen molar-refractivity contribution in [3.05, 3.63) is 22.3 Å². The van der Waals surface area contributed by atoms with E-state index in [0.29, 0.717) is 16.9 Å². The van der Waals surface area contributed by atoms with Crippen molar-refractivity contribution in [1.29, 1.82) is 0 Å². The summed E-state index contributed by atoms with van der Waals surface area (Å²) in [6.45, 7) is 0.425. The highest BCUT2D eigenvalue weighted by atomic mass is 79.9. The zero-order valence-corrected chi connectivity index (χ0v) is 11.7.